The second-order valence-electron chi connectivity index (χ2n) is 10.4. The van der Waals surface area contributed by atoms with Gasteiger partial charge in [-0.1, -0.05) is 0 Å². The molecule has 5 aromatic heterocycles. The minimum atomic E-state index is 0.653. The van der Waals surface area contributed by atoms with E-state index < -0.39 is 0 Å². The predicted molar refractivity (Wildman–Crippen MR) is 151 cm³/mol. The van der Waals surface area contributed by atoms with Crippen molar-refractivity contribution in [2.45, 2.75) is 12.8 Å². The van der Waals surface area contributed by atoms with E-state index in [2.05, 4.69) is 51.9 Å². The van der Waals surface area contributed by atoms with Crippen molar-refractivity contribution in [3.05, 3.63) is 43.0 Å². The Labute approximate surface area is 226 Å². The number of likely N-dealkylation sites (N-methyl/N-ethyl adjacent to an activating group) is 1. The number of nitrogens with zero attached hydrogens (tertiary/aromatic N) is 8. The van der Waals surface area contributed by atoms with Crippen LogP contribution in [0.4, 0.5) is 5.82 Å². The average Bonchev–Trinajstić information content (AvgIpc) is 3.73. The summed E-state index contributed by atoms with van der Waals surface area (Å²) in [6.07, 6.45) is 9.79. The molecule has 2 saturated heterocycles. The molecule has 2 aliphatic heterocycles. The van der Waals surface area contributed by atoms with Gasteiger partial charge in [0.15, 0.2) is 11.6 Å². The zero-order chi connectivity index (χ0) is 26.2. The van der Waals surface area contributed by atoms with Crippen LogP contribution >= 0.6 is 0 Å². The number of pyridine rings is 3. The molecule has 5 aromatic rings. The monoisotopic (exact) mass is 524 g/mol. The Hall–Kier alpha value is -4.09. The number of fused-ring (bicyclic) bond motifs is 2. The highest BCUT2D eigenvalue weighted by Gasteiger charge is 2.21. The maximum Gasteiger partial charge on any atom is 0.159 e. The SMILES string of the molecule is CN1CCN(c2nccc3[nH]c(-c4n[nH]c5cnc(-c6cncc(OCCN7CCCC7)c6)cc45)nc23)CC1. The number of aromatic amines is 2. The summed E-state index contributed by atoms with van der Waals surface area (Å²) in [6.45, 7) is 7.80. The molecule has 0 spiro atoms. The fourth-order valence-electron chi connectivity index (χ4n) is 5.47. The normalized spacial score (nSPS) is 17.0. The van der Waals surface area contributed by atoms with Crippen molar-refractivity contribution < 1.29 is 4.74 Å². The summed E-state index contributed by atoms with van der Waals surface area (Å²) < 4.78 is 6.02. The van der Waals surface area contributed by atoms with Gasteiger partial charge in [0.05, 0.1) is 29.1 Å². The first kappa shape index (κ1) is 24.0. The molecule has 39 heavy (non-hydrogen) atoms. The van der Waals surface area contributed by atoms with Crippen LogP contribution in [-0.4, -0.2) is 104 Å². The second-order valence-corrected chi connectivity index (χ2v) is 10.4. The van der Waals surface area contributed by atoms with E-state index in [-0.39, 0.29) is 0 Å². The zero-order valence-electron chi connectivity index (χ0n) is 22.1. The van der Waals surface area contributed by atoms with E-state index in [1.807, 2.05) is 36.8 Å². The second kappa shape index (κ2) is 10.2. The van der Waals surface area contributed by atoms with Crippen LogP contribution in [0.2, 0.25) is 0 Å². The molecular weight excluding hydrogens is 492 g/mol. The van der Waals surface area contributed by atoms with Gasteiger partial charge in [-0.2, -0.15) is 5.10 Å². The van der Waals surface area contributed by atoms with Gasteiger partial charge >= 0.3 is 0 Å². The number of hydrogen-bond donors (Lipinski definition) is 2. The van der Waals surface area contributed by atoms with E-state index in [1.165, 1.54) is 12.8 Å². The predicted octanol–water partition coefficient (Wildman–Crippen LogP) is 3.18. The third-order valence-electron chi connectivity index (χ3n) is 7.74. The van der Waals surface area contributed by atoms with Gasteiger partial charge < -0.3 is 19.5 Å². The van der Waals surface area contributed by atoms with E-state index >= 15 is 0 Å². The molecule has 0 radical (unpaired) electrons. The number of likely N-dealkylation sites (tertiary alicyclic amines) is 1. The minimum Gasteiger partial charge on any atom is -0.491 e. The lowest BCUT2D eigenvalue weighted by Gasteiger charge is -2.33. The lowest BCUT2D eigenvalue weighted by atomic mass is 10.1. The number of hydrogen-bond acceptors (Lipinski definition) is 9. The summed E-state index contributed by atoms with van der Waals surface area (Å²) >= 11 is 0. The third kappa shape index (κ3) is 4.79. The van der Waals surface area contributed by atoms with Gasteiger partial charge in [-0.25, -0.2) is 9.97 Å². The van der Waals surface area contributed by atoms with E-state index in [4.69, 9.17) is 9.72 Å². The largest absolute Gasteiger partial charge is 0.491 e. The summed E-state index contributed by atoms with van der Waals surface area (Å²) in [5, 5.41) is 8.65. The van der Waals surface area contributed by atoms with Crippen molar-refractivity contribution in [1.82, 2.24) is 44.9 Å². The molecule has 0 bridgehead atoms. The van der Waals surface area contributed by atoms with Crippen LogP contribution in [0, 0.1) is 0 Å². The Balaban J connectivity index is 1.17. The summed E-state index contributed by atoms with van der Waals surface area (Å²) in [5.41, 5.74) is 5.11. The first-order chi connectivity index (χ1) is 19.2. The summed E-state index contributed by atoms with van der Waals surface area (Å²) in [6, 6.07) is 6.00. The number of aromatic nitrogens is 7. The smallest absolute Gasteiger partial charge is 0.159 e. The molecule has 2 aliphatic rings. The maximum absolute atomic E-state index is 6.02. The van der Waals surface area contributed by atoms with Crippen LogP contribution in [0.15, 0.2) is 43.0 Å². The Morgan fingerprint density at radius 1 is 0.949 bits per heavy atom. The summed E-state index contributed by atoms with van der Waals surface area (Å²) in [5.74, 6) is 2.37. The van der Waals surface area contributed by atoms with Crippen LogP contribution in [0.5, 0.6) is 5.75 Å². The highest BCUT2D eigenvalue weighted by Crippen LogP contribution is 2.31. The molecule has 0 amide bonds. The number of imidazole rings is 1. The van der Waals surface area contributed by atoms with Gasteiger partial charge in [0, 0.05) is 56.1 Å². The average molecular weight is 525 g/mol. The molecule has 0 saturated carbocycles. The molecule has 7 heterocycles. The van der Waals surface area contributed by atoms with Gasteiger partial charge in [0.1, 0.15) is 23.6 Å². The number of H-pyrrole nitrogens is 2. The Morgan fingerprint density at radius 2 is 1.82 bits per heavy atom. The maximum atomic E-state index is 6.02. The van der Waals surface area contributed by atoms with Crippen molar-refractivity contribution in [3.8, 4) is 28.5 Å². The van der Waals surface area contributed by atoms with Crippen LogP contribution < -0.4 is 9.64 Å². The highest BCUT2D eigenvalue weighted by atomic mass is 16.5. The minimum absolute atomic E-state index is 0.653. The number of nitrogens with one attached hydrogen (secondary N) is 2. The molecule has 0 atom stereocenters. The van der Waals surface area contributed by atoms with Gasteiger partial charge in [0.25, 0.3) is 0 Å². The molecule has 2 fully saturated rings. The lowest BCUT2D eigenvalue weighted by Crippen LogP contribution is -2.44. The van der Waals surface area contributed by atoms with E-state index in [1.54, 1.807) is 6.20 Å². The summed E-state index contributed by atoms with van der Waals surface area (Å²) in [7, 11) is 2.15. The van der Waals surface area contributed by atoms with Crippen molar-refractivity contribution in [2.24, 2.45) is 0 Å². The first-order valence-corrected chi connectivity index (χ1v) is 13.6. The van der Waals surface area contributed by atoms with Crippen molar-refractivity contribution in [3.63, 3.8) is 0 Å². The fourth-order valence-corrected chi connectivity index (χ4v) is 5.47. The lowest BCUT2D eigenvalue weighted by molar-refractivity contribution is 0.237. The van der Waals surface area contributed by atoms with Crippen molar-refractivity contribution >= 4 is 27.8 Å². The molecule has 200 valence electrons. The van der Waals surface area contributed by atoms with E-state index in [0.717, 1.165) is 96.3 Å². The third-order valence-corrected chi connectivity index (χ3v) is 7.74. The van der Waals surface area contributed by atoms with Crippen molar-refractivity contribution in [2.75, 3.05) is 64.4 Å². The van der Waals surface area contributed by atoms with Crippen LogP contribution in [0.1, 0.15) is 12.8 Å². The number of anilines is 1. The molecule has 7 rings (SSSR count). The molecule has 11 nitrogen and oxygen atoms in total. The molecule has 0 aliphatic carbocycles. The first-order valence-electron chi connectivity index (χ1n) is 13.6. The van der Waals surface area contributed by atoms with Gasteiger partial charge in [-0.15, -0.1) is 0 Å². The number of rotatable bonds is 7. The molecule has 11 heteroatoms. The summed E-state index contributed by atoms with van der Waals surface area (Å²) in [4.78, 5) is 29.3. The topological polar surface area (TPSA) is 115 Å². The standard InChI is InChI=1S/C28H32N10O/c1-36-8-10-38(11-9-36)28-26-22(4-5-30-28)32-27(33-26)25-21-15-23(31-18-24(21)34-35-25)19-14-20(17-29-16-19)39-13-12-37-6-2-3-7-37/h4-5,14-18H,2-3,6-13H2,1H3,(H,32,33)(H,34,35). The number of ether oxygens (including phenoxy) is 1. The molecule has 0 aromatic carbocycles. The van der Waals surface area contributed by atoms with Gasteiger partial charge in [0.2, 0.25) is 0 Å². The Kier molecular flexibility index (Phi) is 6.29. The fraction of sp³-hybridized carbons (Fsp3) is 0.393. The molecular formula is C28H32N10O. The van der Waals surface area contributed by atoms with E-state index in [0.29, 0.717) is 12.4 Å². The van der Waals surface area contributed by atoms with Crippen LogP contribution in [0.25, 0.3) is 44.7 Å². The van der Waals surface area contributed by atoms with Gasteiger partial charge in [-0.05, 0) is 51.2 Å². The van der Waals surface area contributed by atoms with Crippen LogP contribution in [-0.2, 0) is 0 Å². The molecule has 0 unspecified atom stereocenters. The quantitative estimate of drug-likeness (QED) is 0.331. The van der Waals surface area contributed by atoms with E-state index in [9.17, 15) is 0 Å². The molecule has 2 N–H and O–H groups in total. The van der Waals surface area contributed by atoms with Crippen LogP contribution in [0.3, 0.4) is 0 Å². The van der Waals surface area contributed by atoms with Crippen molar-refractivity contribution in [1.29, 1.82) is 0 Å². The Morgan fingerprint density at radius 3 is 2.69 bits per heavy atom. The van der Waals surface area contributed by atoms with Gasteiger partial charge in [-0.3, -0.25) is 20.0 Å². The Bertz CT molecular complexity index is 1600. The zero-order valence-corrected chi connectivity index (χ0v) is 22.1. The highest BCUT2D eigenvalue weighted by molar-refractivity contribution is 5.96. The number of piperazine rings is 1.